The molecule has 0 radical (unpaired) electrons. The lowest BCUT2D eigenvalue weighted by atomic mass is 9.86. The molecule has 0 atom stereocenters. The van der Waals surface area contributed by atoms with Gasteiger partial charge in [-0.15, -0.1) is 22.7 Å². The minimum absolute atomic E-state index is 0.609. The molecule has 0 spiro atoms. The Morgan fingerprint density at radius 3 is 1.13 bits per heavy atom. The highest BCUT2D eigenvalue weighted by atomic mass is 32.1. The molecule has 0 aliphatic heterocycles. The van der Waals surface area contributed by atoms with E-state index in [0.717, 1.165) is 99.1 Å². The third kappa shape index (κ3) is 11.3. The second-order valence-electron chi connectivity index (χ2n) is 26.8. The van der Waals surface area contributed by atoms with Gasteiger partial charge in [0, 0.05) is 73.7 Å². The number of thiophene rings is 2. The van der Waals surface area contributed by atoms with Gasteiger partial charge in [-0.05, 0) is 148 Å². The number of rotatable bonds is 13. The fourth-order valence-corrected chi connectivity index (χ4v) is 17.7. The first-order valence-electron chi connectivity index (χ1n) is 35.6. The van der Waals surface area contributed by atoms with E-state index in [9.17, 15) is 0 Å². The summed E-state index contributed by atoms with van der Waals surface area (Å²) in [5.41, 5.74) is 21.7. The summed E-state index contributed by atoms with van der Waals surface area (Å²) in [7, 11) is 0. The molecule has 0 bridgehead atoms. The Hall–Kier alpha value is -13.5. The molecule has 0 N–H and O–H groups in total. The van der Waals surface area contributed by atoms with Crippen molar-refractivity contribution >= 4 is 84.6 Å². The van der Waals surface area contributed by atoms with E-state index >= 15 is 0 Å². The van der Waals surface area contributed by atoms with Gasteiger partial charge >= 0.3 is 0 Å². The number of fused-ring (bicyclic) bond motifs is 8. The Morgan fingerprint density at radius 2 is 0.519 bits per heavy atom. The molecule has 16 aromatic carbocycles. The number of hydrogen-bond acceptors (Lipinski definition) is 8. The zero-order valence-corrected chi connectivity index (χ0v) is 58.8. The van der Waals surface area contributed by atoms with Crippen molar-refractivity contribution in [3.8, 4) is 146 Å². The van der Waals surface area contributed by atoms with Crippen molar-refractivity contribution in [3.63, 3.8) is 0 Å². The summed E-state index contributed by atoms with van der Waals surface area (Å²) in [6.07, 6.45) is 0. The van der Waals surface area contributed by atoms with Crippen LogP contribution >= 0.6 is 22.7 Å². The Morgan fingerprint density at radius 1 is 0.160 bits per heavy atom. The first-order valence-corrected chi connectivity index (χ1v) is 37.3. The van der Waals surface area contributed by atoms with E-state index in [-0.39, 0.29) is 0 Å². The quantitative estimate of drug-likeness (QED) is 0.114. The first kappa shape index (κ1) is 62.3. The normalized spacial score (nSPS) is 11.6. The molecule has 106 heavy (non-hydrogen) atoms. The maximum atomic E-state index is 5.40. The lowest BCUT2D eigenvalue weighted by molar-refractivity contribution is 1.08. The molecule has 0 saturated carbocycles. The van der Waals surface area contributed by atoms with E-state index < -0.39 is 0 Å². The van der Waals surface area contributed by atoms with Crippen molar-refractivity contribution in [3.05, 3.63) is 364 Å². The number of hydrogen-bond donors (Lipinski definition) is 0. The van der Waals surface area contributed by atoms with E-state index in [4.69, 9.17) is 29.9 Å². The zero-order chi connectivity index (χ0) is 70.0. The molecule has 0 saturated heterocycles. The SMILES string of the molecule is c1ccc(-c2nc(-c3cccc(-c4ccc(-c5ccc(-c6cccc(-c7ccc8sc9c(-c%10nc(-c%11ccccc%11)nc(-c%11cccc(-c%12ccccc%12-c%12c(-c%13ccccc%13)ccc%13ccccc%12%13)c%11)n%10)cccc9c8c7)c6)cc5)c5ccccc45)c3)nc(-c3cccc4c3sc3ccccc34)n2)cc1. The highest BCUT2D eigenvalue weighted by Gasteiger charge is 2.23. The van der Waals surface area contributed by atoms with Gasteiger partial charge in [0.1, 0.15) is 0 Å². The minimum atomic E-state index is 0.609. The molecule has 8 heteroatoms. The van der Waals surface area contributed by atoms with E-state index in [0.29, 0.717) is 34.9 Å². The summed E-state index contributed by atoms with van der Waals surface area (Å²) in [5.74, 6) is 3.77. The van der Waals surface area contributed by atoms with Crippen LogP contribution in [0.3, 0.4) is 0 Å². The van der Waals surface area contributed by atoms with Crippen molar-refractivity contribution in [1.82, 2.24) is 29.9 Å². The highest BCUT2D eigenvalue weighted by molar-refractivity contribution is 7.26. The van der Waals surface area contributed by atoms with Crippen LogP contribution in [0, 0.1) is 0 Å². The number of nitrogens with zero attached hydrogens (tertiary/aromatic N) is 6. The van der Waals surface area contributed by atoms with E-state index in [1.54, 1.807) is 22.7 Å². The number of aromatic nitrogens is 6. The van der Waals surface area contributed by atoms with Crippen LogP contribution in [-0.4, -0.2) is 29.9 Å². The molecule has 6 nitrogen and oxygen atoms in total. The fourth-order valence-electron chi connectivity index (χ4n) is 15.3. The predicted octanol–water partition coefficient (Wildman–Crippen LogP) is 26.8. The predicted molar refractivity (Wildman–Crippen MR) is 445 cm³/mol. The Balaban J connectivity index is 0.603. The van der Waals surface area contributed by atoms with Crippen LogP contribution in [0.2, 0.25) is 0 Å². The van der Waals surface area contributed by atoms with Gasteiger partial charge in [0.05, 0.1) is 0 Å². The van der Waals surface area contributed by atoms with Crippen molar-refractivity contribution in [2.45, 2.75) is 0 Å². The van der Waals surface area contributed by atoms with E-state index in [1.165, 1.54) is 74.1 Å². The van der Waals surface area contributed by atoms with E-state index in [1.807, 2.05) is 36.4 Å². The monoisotopic (exact) mass is 1380 g/mol. The Kier molecular flexibility index (Phi) is 15.5. The molecule has 0 aliphatic rings. The van der Waals surface area contributed by atoms with Gasteiger partial charge in [-0.3, -0.25) is 0 Å². The molecule has 0 aliphatic carbocycles. The molecule has 20 rings (SSSR count). The molecule has 0 unspecified atom stereocenters. The van der Waals surface area contributed by atoms with Gasteiger partial charge in [-0.25, -0.2) is 29.9 Å². The van der Waals surface area contributed by atoms with Crippen LogP contribution in [0.25, 0.3) is 208 Å². The summed E-state index contributed by atoms with van der Waals surface area (Å²) >= 11 is 3.56. The third-order valence-electron chi connectivity index (χ3n) is 20.4. The molecule has 4 aromatic heterocycles. The Labute approximate surface area is 620 Å². The molecule has 494 valence electrons. The van der Waals surface area contributed by atoms with Gasteiger partial charge in [0.15, 0.2) is 34.9 Å². The summed E-state index contributed by atoms with van der Waals surface area (Å²) in [4.78, 5) is 31.6. The van der Waals surface area contributed by atoms with E-state index in [2.05, 4.69) is 328 Å². The molecular formula is C98H60N6S2. The average molecular weight is 1390 g/mol. The van der Waals surface area contributed by atoms with Gasteiger partial charge in [0.2, 0.25) is 0 Å². The fraction of sp³-hybridized carbons (Fsp3) is 0. The van der Waals surface area contributed by atoms with Crippen LogP contribution in [0.5, 0.6) is 0 Å². The number of benzene rings is 16. The van der Waals surface area contributed by atoms with Crippen molar-refractivity contribution in [1.29, 1.82) is 0 Å². The van der Waals surface area contributed by atoms with Crippen molar-refractivity contribution in [2.24, 2.45) is 0 Å². The van der Waals surface area contributed by atoms with Crippen LogP contribution in [-0.2, 0) is 0 Å². The van der Waals surface area contributed by atoms with Crippen LogP contribution < -0.4 is 0 Å². The maximum absolute atomic E-state index is 5.40. The highest BCUT2D eigenvalue weighted by Crippen LogP contribution is 2.47. The van der Waals surface area contributed by atoms with Gasteiger partial charge < -0.3 is 0 Å². The lowest BCUT2D eigenvalue weighted by Crippen LogP contribution is -2.00. The average Bonchev–Trinajstić information content (AvgIpc) is 1.35. The largest absolute Gasteiger partial charge is 0.208 e. The molecule has 20 aromatic rings. The summed E-state index contributed by atoms with van der Waals surface area (Å²) in [5, 5.41) is 9.55. The van der Waals surface area contributed by atoms with Crippen LogP contribution in [0.15, 0.2) is 364 Å². The molecule has 4 heterocycles. The topological polar surface area (TPSA) is 77.3 Å². The maximum Gasteiger partial charge on any atom is 0.165 e. The van der Waals surface area contributed by atoms with Gasteiger partial charge in [-0.2, -0.15) is 0 Å². The zero-order valence-electron chi connectivity index (χ0n) is 57.1. The standard InChI is InChI=1S/C98H60N6S2/c1-4-23-62(24-5-1)78-53-51-63-25-10-11-37-77(63)90(78)82-41-15-12-36-74(82)70-32-19-34-72(58-70)95-99-94(66-28-8-3-9-29-66)102-98(104-95)86-45-22-43-84-87-60-69(52-56-89(87)106-92(84)86)68-31-18-30-67(57-68)61-47-49-64(50-48-61)75-54-55-76(80-39-14-13-38-79(75)80)71-33-20-35-73(59-71)96-100-93(65-26-6-2-7-27-65)101-97(103-96)85-44-21-42-83-81-40-16-17-46-88(81)105-91(83)85/h1-60H. The Bertz CT molecular complexity index is 6830. The van der Waals surface area contributed by atoms with Gasteiger partial charge in [0.25, 0.3) is 0 Å². The van der Waals surface area contributed by atoms with Crippen LogP contribution in [0.4, 0.5) is 0 Å². The lowest BCUT2D eigenvalue weighted by Gasteiger charge is -2.18. The minimum Gasteiger partial charge on any atom is -0.208 e. The second kappa shape index (κ2) is 26.4. The summed E-state index contributed by atoms with van der Waals surface area (Å²) in [6.45, 7) is 0. The molecular weight excluding hydrogens is 1330 g/mol. The third-order valence-corrected chi connectivity index (χ3v) is 22.9. The van der Waals surface area contributed by atoms with Crippen LogP contribution in [0.1, 0.15) is 0 Å². The van der Waals surface area contributed by atoms with Crippen molar-refractivity contribution < 1.29 is 0 Å². The van der Waals surface area contributed by atoms with Gasteiger partial charge in [-0.1, -0.05) is 315 Å². The molecule has 0 fully saturated rings. The van der Waals surface area contributed by atoms with Crippen molar-refractivity contribution in [2.75, 3.05) is 0 Å². The summed E-state index contributed by atoms with van der Waals surface area (Å²) < 4.78 is 4.73. The molecule has 0 amide bonds. The second-order valence-corrected chi connectivity index (χ2v) is 28.9. The first-order chi connectivity index (χ1) is 52.5. The smallest absolute Gasteiger partial charge is 0.165 e. The summed E-state index contributed by atoms with van der Waals surface area (Å²) in [6, 6.07) is 130.